The van der Waals surface area contributed by atoms with E-state index in [9.17, 15) is 9.59 Å². The topological polar surface area (TPSA) is 101 Å². The number of nitrogens with zero attached hydrogens (tertiary/aromatic N) is 1. The zero-order valence-electron chi connectivity index (χ0n) is 8.43. The summed E-state index contributed by atoms with van der Waals surface area (Å²) >= 11 is 0. The molecule has 0 saturated heterocycles. The number of nitrogens with one attached hydrogen (secondary N) is 2. The third kappa shape index (κ3) is 3.51. The van der Waals surface area contributed by atoms with Crippen LogP contribution in [-0.2, 0) is 16.0 Å². The zero-order valence-corrected chi connectivity index (χ0v) is 8.43. The third-order valence-electron chi connectivity index (χ3n) is 1.91. The number of hydrogen-bond acceptors (Lipinski definition) is 4. The van der Waals surface area contributed by atoms with E-state index in [4.69, 9.17) is 5.73 Å². The van der Waals surface area contributed by atoms with Gasteiger partial charge in [0.25, 0.3) is 0 Å². The van der Waals surface area contributed by atoms with E-state index >= 15 is 0 Å². The van der Waals surface area contributed by atoms with Crippen LogP contribution in [-0.4, -0.2) is 34.2 Å². The molecular formula is C9H14N4O2. The molecule has 0 radical (unpaired) electrons. The lowest BCUT2D eigenvalue weighted by molar-refractivity contribution is -0.124. The van der Waals surface area contributed by atoms with Crippen molar-refractivity contribution in [2.75, 3.05) is 0 Å². The maximum Gasteiger partial charge on any atom is 0.237 e. The van der Waals surface area contributed by atoms with E-state index in [1.807, 2.05) is 0 Å². The zero-order chi connectivity index (χ0) is 11.3. The van der Waals surface area contributed by atoms with Gasteiger partial charge in [-0.25, -0.2) is 4.98 Å². The number of nitrogens with two attached hydrogens (primary N) is 1. The van der Waals surface area contributed by atoms with E-state index in [1.54, 1.807) is 13.1 Å². The minimum absolute atomic E-state index is 0.343. The fourth-order valence-corrected chi connectivity index (χ4v) is 1.09. The summed E-state index contributed by atoms with van der Waals surface area (Å²) in [5, 5.41) is 2.48. The van der Waals surface area contributed by atoms with Crippen molar-refractivity contribution in [2.24, 2.45) is 5.73 Å². The molecule has 1 aromatic rings. The molecule has 1 heterocycles. The van der Waals surface area contributed by atoms with E-state index in [0.717, 1.165) is 5.69 Å². The second-order valence-electron chi connectivity index (χ2n) is 3.32. The highest BCUT2D eigenvalue weighted by atomic mass is 16.2. The summed E-state index contributed by atoms with van der Waals surface area (Å²) in [4.78, 5) is 28.4. The summed E-state index contributed by atoms with van der Waals surface area (Å²) in [5.41, 5.74) is 6.42. The van der Waals surface area contributed by atoms with Crippen LogP contribution in [0.15, 0.2) is 12.5 Å². The molecule has 0 unspecified atom stereocenters. The van der Waals surface area contributed by atoms with E-state index in [2.05, 4.69) is 15.3 Å². The molecular weight excluding hydrogens is 196 g/mol. The molecule has 1 aromatic heterocycles. The van der Waals surface area contributed by atoms with Gasteiger partial charge < -0.3 is 20.8 Å². The summed E-state index contributed by atoms with van der Waals surface area (Å²) in [6.07, 6.45) is 4.16. The van der Waals surface area contributed by atoms with Gasteiger partial charge in [0.2, 0.25) is 5.91 Å². The molecule has 0 aliphatic heterocycles. The number of hydrogen-bond donors (Lipinski definition) is 3. The van der Waals surface area contributed by atoms with Gasteiger partial charge in [0.15, 0.2) is 0 Å². The smallest absolute Gasteiger partial charge is 0.237 e. The maximum absolute atomic E-state index is 11.4. The molecule has 0 fully saturated rings. The first-order valence-electron chi connectivity index (χ1n) is 4.62. The molecule has 0 saturated carbocycles. The van der Waals surface area contributed by atoms with Crippen LogP contribution < -0.4 is 11.1 Å². The van der Waals surface area contributed by atoms with Crippen LogP contribution in [0.4, 0.5) is 0 Å². The average Bonchev–Trinajstić information content (AvgIpc) is 2.70. The van der Waals surface area contributed by atoms with Crippen LogP contribution in [0.1, 0.15) is 12.6 Å². The average molecular weight is 210 g/mol. The van der Waals surface area contributed by atoms with Gasteiger partial charge >= 0.3 is 0 Å². The summed E-state index contributed by atoms with van der Waals surface area (Å²) in [6.45, 7) is 1.59. The molecule has 82 valence electrons. The number of rotatable bonds is 5. The number of H-pyrrole nitrogens is 1. The SMILES string of the molecule is C[C@@H](C=O)NC(=O)[C@@H](N)Cc1cnc[nH]1. The van der Waals surface area contributed by atoms with Crippen LogP contribution in [0.5, 0.6) is 0 Å². The molecule has 4 N–H and O–H groups in total. The summed E-state index contributed by atoms with van der Waals surface area (Å²) in [5.74, 6) is -0.343. The van der Waals surface area contributed by atoms with Crippen molar-refractivity contribution in [1.29, 1.82) is 0 Å². The van der Waals surface area contributed by atoms with E-state index in [1.165, 1.54) is 6.33 Å². The van der Waals surface area contributed by atoms with Crippen molar-refractivity contribution in [1.82, 2.24) is 15.3 Å². The lowest BCUT2D eigenvalue weighted by Gasteiger charge is -2.12. The number of aromatic nitrogens is 2. The first kappa shape index (κ1) is 11.4. The Hall–Kier alpha value is -1.69. The van der Waals surface area contributed by atoms with Crippen molar-refractivity contribution in [3.8, 4) is 0 Å². The van der Waals surface area contributed by atoms with E-state index in [-0.39, 0.29) is 5.91 Å². The van der Waals surface area contributed by atoms with Crippen LogP contribution in [0.3, 0.4) is 0 Å². The van der Waals surface area contributed by atoms with Crippen LogP contribution in [0.25, 0.3) is 0 Å². The summed E-state index contributed by atoms with van der Waals surface area (Å²) in [7, 11) is 0. The molecule has 0 spiro atoms. The molecule has 1 rings (SSSR count). The molecule has 15 heavy (non-hydrogen) atoms. The Balaban J connectivity index is 2.43. The normalized spacial score (nSPS) is 14.3. The Morgan fingerprint density at radius 1 is 1.80 bits per heavy atom. The van der Waals surface area contributed by atoms with Gasteiger partial charge in [0.05, 0.1) is 18.4 Å². The highest BCUT2D eigenvalue weighted by Crippen LogP contribution is 1.96. The molecule has 1 amide bonds. The first-order valence-corrected chi connectivity index (χ1v) is 4.62. The van der Waals surface area contributed by atoms with Gasteiger partial charge in [-0.1, -0.05) is 0 Å². The van der Waals surface area contributed by atoms with E-state index < -0.39 is 12.1 Å². The van der Waals surface area contributed by atoms with E-state index in [0.29, 0.717) is 12.7 Å². The minimum Gasteiger partial charge on any atom is -0.348 e. The van der Waals surface area contributed by atoms with Gasteiger partial charge in [-0.2, -0.15) is 0 Å². The predicted molar refractivity (Wildman–Crippen MR) is 53.9 cm³/mol. The third-order valence-corrected chi connectivity index (χ3v) is 1.91. The largest absolute Gasteiger partial charge is 0.348 e. The first-order chi connectivity index (χ1) is 7.13. The Labute approximate surface area is 87.3 Å². The number of imidazole rings is 1. The van der Waals surface area contributed by atoms with Crippen LogP contribution in [0, 0.1) is 0 Å². The fraction of sp³-hybridized carbons (Fsp3) is 0.444. The lowest BCUT2D eigenvalue weighted by atomic mass is 10.1. The maximum atomic E-state index is 11.4. The van der Waals surface area contributed by atoms with Crippen molar-refractivity contribution in [2.45, 2.75) is 25.4 Å². The van der Waals surface area contributed by atoms with Gasteiger partial charge in [0, 0.05) is 18.3 Å². The highest BCUT2D eigenvalue weighted by Gasteiger charge is 2.16. The minimum atomic E-state index is -0.673. The van der Waals surface area contributed by atoms with Gasteiger partial charge in [-0.15, -0.1) is 0 Å². The van der Waals surface area contributed by atoms with Crippen molar-refractivity contribution < 1.29 is 9.59 Å². The molecule has 6 nitrogen and oxygen atoms in total. The monoisotopic (exact) mass is 210 g/mol. The Bertz CT molecular complexity index is 323. The van der Waals surface area contributed by atoms with Gasteiger partial charge in [0.1, 0.15) is 6.29 Å². The Kier molecular flexibility index (Phi) is 3.99. The molecule has 0 bridgehead atoms. The lowest BCUT2D eigenvalue weighted by Crippen LogP contribution is -2.46. The van der Waals surface area contributed by atoms with Crippen LogP contribution in [0.2, 0.25) is 0 Å². The highest BCUT2D eigenvalue weighted by molar-refractivity contribution is 5.84. The quantitative estimate of drug-likeness (QED) is 0.541. The number of carbonyl (C=O) groups is 2. The summed E-state index contributed by atoms with van der Waals surface area (Å²) < 4.78 is 0. The molecule has 0 aliphatic rings. The number of carbonyl (C=O) groups excluding carboxylic acids is 2. The second-order valence-corrected chi connectivity index (χ2v) is 3.32. The molecule has 0 aromatic carbocycles. The van der Waals surface area contributed by atoms with Crippen molar-refractivity contribution >= 4 is 12.2 Å². The molecule has 2 atom stereocenters. The number of aromatic amines is 1. The van der Waals surface area contributed by atoms with Crippen molar-refractivity contribution in [3.63, 3.8) is 0 Å². The number of aldehydes is 1. The Morgan fingerprint density at radius 3 is 3.07 bits per heavy atom. The Morgan fingerprint density at radius 2 is 2.53 bits per heavy atom. The second kappa shape index (κ2) is 5.26. The molecule has 0 aliphatic carbocycles. The van der Waals surface area contributed by atoms with Gasteiger partial charge in [-0.05, 0) is 6.92 Å². The van der Waals surface area contributed by atoms with Crippen LogP contribution >= 0.6 is 0 Å². The number of amides is 1. The fourth-order valence-electron chi connectivity index (χ4n) is 1.09. The van der Waals surface area contributed by atoms with Gasteiger partial charge in [-0.3, -0.25) is 4.79 Å². The standard InChI is InChI=1S/C9H14N4O2/c1-6(4-14)13-9(15)8(10)2-7-3-11-5-12-7/h3-6,8H,2,10H2,1H3,(H,11,12)(H,13,15)/t6-,8-/m0/s1. The predicted octanol–water partition coefficient (Wildman–Crippen LogP) is -1.02. The van der Waals surface area contributed by atoms with Crippen molar-refractivity contribution in [3.05, 3.63) is 18.2 Å². The summed E-state index contributed by atoms with van der Waals surface area (Å²) in [6, 6.07) is -1.18. The molecule has 6 heteroatoms.